The number of nitro benzene ring substituents is 1. The summed E-state index contributed by atoms with van der Waals surface area (Å²) in [5, 5.41) is 11.1. The van der Waals surface area contributed by atoms with Gasteiger partial charge >= 0.3 is 0 Å². The fraction of sp³-hybridized carbons (Fsp3) is 0.259. The lowest BCUT2D eigenvalue weighted by Crippen LogP contribution is -2.21. The van der Waals surface area contributed by atoms with Gasteiger partial charge in [-0.1, -0.05) is 18.2 Å². The van der Waals surface area contributed by atoms with Gasteiger partial charge in [-0.3, -0.25) is 19.5 Å². The summed E-state index contributed by atoms with van der Waals surface area (Å²) in [7, 11) is 3.55. The first kappa shape index (κ1) is 23.9. The quantitative estimate of drug-likeness (QED) is 0.170. The Kier molecular flexibility index (Phi) is 7.40. The second kappa shape index (κ2) is 10.8. The molecule has 0 N–H and O–H groups in total. The molecule has 0 aliphatic heterocycles. The molecule has 0 bridgehead atoms. The van der Waals surface area contributed by atoms with Crippen molar-refractivity contribution in [3.63, 3.8) is 0 Å². The average molecular weight is 473 g/mol. The molecular weight excluding hydrogens is 444 g/mol. The molecule has 3 aromatic carbocycles. The SMILES string of the molecule is CN(C)C(=O)CCCCCOc1ccc2nc(-c3ccc([N+](=O)[O-])cc3)n(-c3ccccc3)c2c1. The van der Waals surface area contributed by atoms with Crippen LogP contribution in [0.15, 0.2) is 72.8 Å². The van der Waals surface area contributed by atoms with E-state index in [2.05, 4.69) is 0 Å². The molecule has 35 heavy (non-hydrogen) atoms. The Morgan fingerprint density at radius 1 is 1.00 bits per heavy atom. The summed E-state index contributed by atoms with van der Waals surface area (Å²) in [6.07, 6.45) is 3.19. The van der Waals surface area contributed by atoms with Crippen molar-refractivity contribution in [2.45, 2.75) is 25.7 Å². The van der Waals surface area contributed by atoms with Crippen molar-refractivity contribution in [3.8, 4) is 22.8 Å². The van der Waals surface area contributed by atoms with Crippen LogP contribution >= 0.6 is 0 Å². The van der Waals surface area contributed by atoms with E-state index in [1.165, 1.54) is 12.1 Å². The number of nitrogens with zero attached hydrogens (tertiary/aromatic N) is 4. The molecule has 0 saturated carbocycles. The summed E-state index contributed by atoms with van der Waals surface area (Å²) in [5.74, 6) is 1.59. The smallest absolute Gasteiger partial charge is 0.269 e. The number of imidazole rings is 1. The molecule has 1 aromatic heterocycles. The second-order valence-electron chi connectivity index (χ2n) is 8.51. The van der Waals surface area contributed by atoms with Gasteiger partial charge in [-0.25, -0.2) is 4.98 Å². The van der Waals surface area contributed by atoms with Crippen molar-refractivity contribution in [1.82, 2.24) is 14.5 Å². The maximum absolute atomic E-state index is 11.7. The van der Waals surface area contributed by atoms with E-state index >= 15 is 0 Å². The monoisotopic (exact) mass is 472 g/mol. The van der Waals surface area contributed by atoms with E-state index in [4.69, 9.17) is 9.72 Å². The van der Waals surface area contributed by atoms with Gasteiger partial charge in [0.25, 0.3) is 5.69 Å². The minimum absolute atomic E-state index is 0.0397. The molecular formula is C27H28N4O4. The number of amides is 1. The van der Waals surface area contributed by atoms with Crippen LogP contribution < -0.4 is 4.74 Å². The summed E-state index contributed by atoms with van der Waals surface area (Å²) >= 11 is 0. The number of hydrogen-bond acceptors (Lipinski definition) is 5. The normalized spacial score (nSPS) is 10.9. The number of nitro groups is 1. The number of benzene rings is 3. The van der Waals surface area contributed by atoms with E-state index in [1.54, 1.807) is 31.1 Å². The zero-order valence-corrected chi connectivity index (χ0v) is 19.9. The Morgan fingerprint density at radius 2 is 1.74 bits per heavy atom. The third-order valence-corrected chi connectivity index (χ3v) is 5.78. The second-order valence-corrected chi connectivity index (χ2v) is 8.51. The van der Waals surface area contributed by atoms with Gasteiger partial charge in [-0.05, 0) is 55.7 Å². The molecule has 4 aromatic rings. The van der Waals surface area contributed by atoms with Crippen molar-refractivity contribution in [2.75, 3.05) is 20.7 Å². The van der Waals surface area contributed by atoms with Gasteiger partial charge in [0.05, 0.1) is 22.6 Å². The Labute approximate surface area is 203 Å². The van der Waals surface area contributed by atoms with E-state index in [-0.39, 0.29) is 11.6 Å². The zero-order valence-electron chi connectivity index (χ0n) is 19.9. The van der Waals surface area contributed by atoms with Crippen LogP contribution in [0.2, 0.25) is 0 Å². The van der Waals surface area contributed by atoms with E-state index in [0.717, 1.165) is 47.3 Å². The van der Waals surface area contributed by atoms with Crippen LogP contribution in [0.4, 0.5) is 5.69 Å². The summed E-state index contributed by atoms with van der Waals surface area (Å²) in [6, 6.07) is 22.1. The van der Waals surface area contributed by atoms with E-state index < -0.39 is 4.92 Å². The highest BCUT2D eigenvalue weighted by Gasteiger charge is 2.16. The van der Waals surface area contributed by atoms with Gasteiger partial charge in [-0.2, -0.15) is 0 Å². The van der Waals surface area contributed by atoms with E-state index in [1.807, 2.05) is 53.1 Å². The molecule has 0 spiro atoms. The lowest BCUT2D eigenvalue weighted by atomic mass is 10.2. The molecule has 0 aliphatic carbocycles. The van der Waals surface area contributed by atoms with Crippen LogP contribution in [-0.2, 0) is 4.79 Å². The molecule has 1 amide bonds. The molecule has 0 atom stereocenters. The van der Waals surface area contributed by atoms with Crippen LogP contribution in [0.25, 0.3) is 28.1 Å². The summed E-state index contributed by atoms with van der Waals surface area (Å²) in [4.78, 5) is 28.8. The molecule has 0 fully saturated rings. The molecule has 1 heterocycles. The number of ether oxygens (including phenoxy) is 1. The maximum atomic E-state index is 11.7. The largest absolute Gasteiger partial charge is 0.494 e. The fourth-order valence-electron chi connectivity index (χ4n) is 3.88. The highest BCUT2D eigenvalue weighted by molar-refractivity contribution is 5.84. The number of carbonyl (C=O) groups excluding carboxylic acids is 1. The summed E-state index contributed by atoms with van der Waals surface area (Å²) < 4.78 is 8.04. The van der Waals surface area contributed by atoms with Crippen LogP contribution in [0.1, 0.15) is 25.7 Å². The van der Waals surface area contributed by atoms with Gasteiger partial charge in [-0.15, -0.1) is 0 Å². The molecule has 0 saturated heterocycles. The fourth-order valence-corrected chi connectivity index (χ4v) is 3.88. The number of unbranched alkanes of at least 4 members (excludes halogenated alkanes) is 2. The number of carbonyl (C=O) groups is 1. The Hall–Kier alpha value is -4.20. The first-order valence-electron chi connectivity index (χ1n) is 11.6. The first-order valence-corrected chi connectivity index (χ1v) is 11.6. The third kappa shape index (κ3) is 5.66. The minimum atomic E-state index is -0.409. The highest BCUT2D eigenvalue weighted by atomic mass is 16.6. The topological polar surface area (TPSA) is 90.5 Å². The molecule has 0 unspecified atom stereocenters. The average Bonchev–Trinajstić information content (AvgIpc) is 3.25. The molecule has 180 valence electrons. The number of aromatic nitrogens is 2. The van der Waals surface area contributed by atoms with Crippen LogP contribution in [-0.4, -0.2) is 46.0 Å². The minimum Gasteiger partial charge on any atom is -0.494 e. The zero-order chi connectivity index (χ0) is 24.8. The van der Waals surface area contributed by atoms with Crippen molar-refractivity contribution >= 4 is 22.6 Å². The maximum Gasteiger partial charge on any atom is 0.269 e. The lowest BCUT2D eigenvalue weighted by molar-refractivity contribution is -0.384. The summed E-state index contributed by atoms with van der Waals surface area (Å²) in [5.41, 5.74) is 3.45. The lowest BCUT2D eigenvalue weighted by Gasteiger charge is -2.11. The number of para-hydroxylation sites is 1. The van der Waals surface area contributed by atoms with Crippen molar-refractivity contribution < 1.29 is 14.5 Å². The predicted octanol–water partition coefficient (Wildman–Crippen LogP) is 5.63. The molecule has 4 rings (SSSR count). The summed E-state index contributed by atoms with van der Waals surface area (Å²) in [6.45, 7) is 0.566. The molecule has 8 heteroatoms. The van der Waals surface area contributed by atoms with Crippen molar-refractivity contribution in [3.05, 3.63) is 82.9 Å². The number of fused-ring (bicyclic) bond motifs is 1. The Morgan fingerprint density at radius 3 is 2.43 bits per heavy atom. The van der Waals surface area contributed by atoms with Gasteiger partial charge in [0.1, 0.15) is 11.6 Å². The van der Waals surface area contributed by atoms with Gasteiger partial charge in [0.2, 0.25) is 5.91 Å². The third-order valence-electron chi connectivity index (χ3n) is 5.78. The standard InChI is InChI=1S/C27H28N4O4/c1-29(2)26(32)11-7-4-8-18-35-23-16-17-24-25(19-23)30(21-9-5-3-6-10-21)27(28-24)20-12-14-22(15-13-20)31(33)34/h3,5-6,9-10,12-17,19H,4,7-8,11,18H2,1-2H3. The highest BCUT2D eigenvalue weighted by Crippen LogP contribution is 2.31. The van der Waals surface area contributed by atoms with Crippen LogP contribution in [0, 0.1) is 10.1 Å². The van der Waals surface area contributed by atoms with E-state index in [0.29, 0.717) is 18.9 Å². The number of rotatable bonds is 10. The predicted molar refractivity (Wildman–Crippen MR) is 136 cm³/mol. The van der Waals surface area contributed by atoms with Gasteiger partial charge in [0.15, 0.2) is 0 Å². The molecule has 8 nitrogen and oxygen atoms in total. The van der Waals surface area contributed by atoms with Gasteiger partial charge < -0.3 is 9.64 Å². The number of hydrogen-bond donors (Lipinski definition) is 0. The van der Waals surface area contributed by atoms with E-state index in [9.17, 15) is 14.9 Å². The van der Waals surface area contributed by atoms with Crippen molar-refractivity contribution in [2.24, 2.45) is 0 Å². The molecule has 0 radical (unpaired) electrons. The first-order chi connectivity index (χ1) is 16.9. The Bertz CT molecular complexity index is 1310. The Balaban J connectivity index is 1.56. The molecule has 0 aliphatic rings. The van der Waals surface area contributed by atoms with Crippen LogP contribution in [0.5, 0.6) is 5.75 Å². The van der Waals surface area contributed by atoms with Gasteiger partial charge in [0, 0.05) is 50.0 Å². The number of non-ortho nitro benzene ring substituents is 1. The van der Waals surface area contributed by atoms with Crippen LogP contribution in [0.3, 0.4) is 0 Å². The van der Waals surface area contributed by atoms with Crippen molar-refractivity contribution in [1.29, 1.82) is 0 Å².